The van der Waals surface area contributed by atoms with Gasteiger partial charge in [-0.05, 0) is 29.0 Å². The standard InChI is InChI=1S/C19H22O/c1-4-9-17-12-8-13-18(15(2)3)19(17)20-14-16-10-6-5-7-11-16/h4-8,10-13,15H,1,9,14H2,2-3H3. The topological polar surface area (TPSA) is 9.23 Å². The molecule has 0 spiro atoms. The zero-order chi connectivity index (χ0) is 14.4. The van der Waals surface area contributed by atoms with Crippen molar-refractivity contribution in [3.63, 3.8) is 0 Å². The molecule has 0 heterocycles. The molecule has 0 saturated carbocycles. The van der Waals surface area contributed by atoms with Crippen molar-refractivity contribution in [2.75, 3.05) is 0 Å². The fourth-order valence-corrected chi connectivity index (χ4v) is 2.28. The molecule has 0 amide bonds. The number of hydrogen-bond acceptors (Lipinski definition) is 1. The first-order chi connectivity index (χ1) is 9.72. The van der Waals surface area contributed by atoms with Crippen LogP contribution in [0.3, 0.4) is 0 Å². The lowest BCUT2D eigenvalue weighted by Gasteiger charge is -2.17. The molecule has 1 nitrogen and oxygen atoms in total. The molecule has 0 N–H and O–H groups in total. The molecule has 0 fully saturated rings. The minimum atomic E-state index is 0.450. The number of rotatable bonds is 6. The van der Waals surface area contributed by atoms with E-state index in [0.29, 0.717) is 12.5 Å². The molecule has 2 aromatic rings. The molecule has 0 radical (unpaired) electrons. The van der Waals surface area contributed by atoms with Crippen LogP contribution in [0.5, 0.6) is 5.75 Å². The predicted octanol–water partition coefficient (Wildman–Crippen LogP) is 5.12. The summed E-state index contributed by atoms with van der Waals surface area (Å²) in [6, 6.07) is 16.6. The summed E-state index contributed by atoms with van der Waals surface area (Å²) in [6.45, 7) is 8.83. The minimum absolute atomic E-state index is 0.450. The lowest BCUT2D eigenvalue weighted by molar-refractivity contribution is 0.299. The third-order valence-electron chi connectivity index (χ3n) is 3.34. The van der Waals surface area contributed by atoms with Gasteiger partial charge in [0.15, 0.2) is 0 Å². The van der Waals surface area contributed by atoms with Gasteiger partial charge in [0, 0.05) is 0 Å². The Hall–Kier alpha value is -2.02. The summed E-state index contributed by atoms with van der Waals surface area (Å²) in [5.74, 6) is 1.47. The van der Waals surface area contributed by atoms with Crippen molar-refractivity contribution in [3.05, 3.63) is 77.9 Å². The van der Waals surface area contributed by atoms with Gasteiger partial charge in [-0.25, -0.2) is 0 Å². The zero-order valence-electron chi connectivity index (χ0n) is 12.3. The molecule has 0 atom stereocenters. The van der Waals surface area contributed by atoms with Gasteiger partial charge in [0.1, 0.15) is 12.4 Å². The first-order valence-electron chi connectivity index (χ1n) is 7.11. The lowest BCUT2D eigenvalue weighted by Crippen LogP contribution is -2.03. The molecule has 2 rings (SSSR count). The van der Waals surface area contributed by atoms with Gasteiger partial charge in [-0.3, -0.25) is 0 Å². The molecule has 0 aliphatic carbocycles. The molecular formula is C19H22O. The van der Waals surface area contributed by atoms with Crippen molar-refractivity contribution < 1.29 is 4.74 Å². The Morgan fingerprint density at radius 3 is 2.45 bits per heavy atom. The second-order valence-electron chi connectivity index (χ2n) is 5.26. The quantitative estimate of drug-likeness (QED) is 0.659. The van der Waals surface area contributed by atoms with Crippen LogP contribution in [0.1, 0.15) is 36.5 Å². The van der Waals surface area contributed by atoms with E-state index in [1.807, 2.05) is 24.3 Å². The van der Waals surface area contributed by atoms with Crippen LogP contribution >= 0.6 is 0 Å². The van der Waals surface area contributed by atoms with E-state index in [2.05, 4.69) is 50.8 Å². The van der Waals surface area contributed by atoms with Crippen LogP contribution in [-0.4, -0.2) is 0 Å². The van der Waals surface area contributed by atoms with Gasteiger partial charge in [-0.1, -0.05) is 68.5 Å². The van der Waals surface area contributed by atoms with Gasteiger partial charge in [0.25, 0.3) is 0 Å². The first kappa shape index (κ1) is 14.4. The van der Waals surface area contributed by atoms with E-state index in [4.69, 9.17) is 4.74 Å². The molecule has 104 valence electrons. The highest BCUT2D eigenvalue weighted by Gasteiger charge is 2.12. The van der Waals surface area contributed by atoms with E-state index in [9.17, 15) is 0 Å². The van der Waals surface area contributed by atoms with E-state index in [0.717, 1.165) is 12.2 Å². The molecule has 0 aliphatic heterocycles. The number of ether oxygens (including phenoxy) is 1. The molecule has 1 heteroatoms. The van der Waals surface area contributed by atoms with Gasteiger partial charge in [0.05, 0.1) is 0 Å². The summed E-state index contributed by atoms with van der Waals surface area (Å²) < 4.78 is 6.12. The summed E-state index contributed by atoms with van der Waals surface area (Å²) in [7, 11) is 0. The SMILES string of the molecule is C=CCc1cccc(C(C)C)c1OCc1ccccc1. The fraction of sp³-hybridized carbons (Fsp3) is 0.263. The summed E-state index contributed by atoms with van der Waals surface area (Å²) in [4.78, 5) is 0. The number of para-hydroxylation sites is 1. The van der Waals surface area contributed by atoms with E-state index in [1.165, 1.54) is 16.7 Å². The Kier molecular flexibility index (Phi) is 5.00. The average molecular weight is 266 g/mol. The summed E-state index contributed by atoms with van der Waals surface area (Å²) in [5, 5.41) is 0. The maximum atomic E-state index is 6.12. The van der Waals surface area contributed by atoms with Crippen LogP contribution in [0, 0.1) is 0 Å². The molecule has 0 aliphatic rings. The monoisotopic (exact) mass is 266 g/mol. The third kappa shape index (κ3) is 3.51. The fourth-order valence-electron chi connectivity index (χ4n) is 2.28. The number of hydrogen-bond donors (Lipinski definition) is 0. The second kappa shape index (κ2) is 6.95. The highest BCUT2D eigenvalue weighted by Crippen LogP contribution is 2.31. The Morgan fingerprint density at radius 2 is 1.80 bits per heavy atom. The lowest BCUT2D eigenvalue weighted by atomic mass is 9.98. The van der Waals surface area contributed by atoms with Crippen LogP contribution in [-0.2, 0) is 13.0 Å². The number of allylic oxidation sites excluding steroid dienone is 1. The van der Waals surface area contributed by atoms with Gasteiger partial charge >= 0.3 is 0 Å². The van der Waals surface area contributed by atoms with Crippen molar-refractivity contribution in [1.82, 2.24) is 0 Å². The predicted molar refractivity (Wildman–Crippen MR) is 85.2 cm³/mol. The summed E-state index contributed by atoms with van der Waals surface area (Å²) >= 11 is 0. The summed E-state index contributed by atoms with van der Waals surface area (Å²) in [6.07, 6.45) is 2.76. The van der Waals surface area contributed by atoms with Crippen LogP contribution in [0.2, 0.25) is 0 Å². The Bertz CT molecular complexity index is 555. The van der Waals surface area contributed by atoms with Crippen LogP contribution < -0.4 is 4.74 Å². The Morgan fingerprint density at radius 1 is 1.05 bits per heavy atom. The molecule has 0 saturated heterocycles. The molecule has 0 bridgehead atoms. The van der Waals surface area contributed by atoms with E-state index in [-0.39, 0.29) is 0 Å². The van der Waals surface area contributed by atoms with Gasteiger partial charge in [-0.15, -0.1) is 6.58 Å². The largest absolute Gasteiger partial charge is 0.488 e. The van der Waals surface area contributed by atoms with Gasteiger partial charge < -0.3 is 4.74 Å². The average Bonchev–Trinajstić information content (AvgIpc) is 2.47. The molecule has 20 heavy (non-hydrogen) atoms. The normalized spacial score (nSPS) is 10.6. The Labute approximate surface area is 121 Å². The van der Waals surface area contributed by atoms with Crippen molar-refractivity contribution in [1.29, 1.82) is 0 Å². The van der Waals surface area contributed by atoms with Crippen LogP contribution in [0.4, 0.5) is 0 Å². The third-order valence-corrected chi connectivity index (χ3v) is 3.34. The van der Waals surface area contributed by atoms with Crippen LogP contribution in [0.15, 0.2) is 61.2 Å². The first-order valence-corrected chi connectivity index (χ1v) is 7.11. The van der Waals surface area contributed by atoms with Crippen molar-refractivity contribution >= 4 is 0 Å². The maximum absolute atomic E-state index is 6.12. The van der Waals surface area contributed by atoms with Gasteiger partial charge in [-0.2, -0.15) is 0 Å². The summed E-state index contributed by atoms with van der Waals surface area (Å²) in [5.41, 5.74) is 3.66. The van der Waals surface area contributed by atoms with E-state index in [1.54, 1.807) is 0 Å². The Balaban J connectivity index is 2.25. The van der Waals surface area contributed by atoms with Gasteiger partial charge in [0.2, 0.25) is 0 Å². The zero-order valence-corrected chi connectivity index (χ0v) is 12.3. The maximum Gasteiger partial charge on any atom is 0.126 e. The highest BCUT2D eigenvalue weighted by molar-refractivity contribution is 5.44. The highest BCUT2D eigenvalue weighted by atomic mass is 16.5. The second-order valence-corrected chi connectivity index (χ2v) is 5.26. The van der Waals surface area contributed by atoms with Crippen molar-refractivity contribution in [2.45, 2.75) is 32.8 Å². The molecule has 0 aromatic heterocycles. The smallest absolute Gasteiger partial charge is 0.126 e. The van der Waals surface area contributed by atoms with Crippen LogP contribution in [0.25, 0.3) is 0 Å². The molecule has 0 unspecified atom stereocenters. The molecule has 2 aromatic carbocycles. The minimum Gasteiger partial charge on any atom is -0.488 e. The van der Waals surface area contributed by atoms with Crippen molar-refractivity contribution in [2.24, 2.45) is 0 Å². The van der Waals surface area contributed by atoms with Crippen molar-refractivity contribution in [3.8, 4) is 5.75 Å². The molecular weight excluding hydrogens is 244 g/mol. The number of benzene rings is 2. The van der Waals surface area contributed by atoms with E-state index < -0.39 is 0 Å². The van der Waals surface area contributed by atoms with E-state index >= 15 is 0 Å².